The molecular weight excluding hydrogens is 275 g/mol. The number of halogens is 1. The molecule has 0 atom stereocenters. The van der Waals surface area contributed by atoms with Gasteiger partial charge in [-0.25, -0.2) is 4.39 Å². The van der Waals surface area contributed by atoms with Gasteiger partial charge in [0.15, 0.2) is 0 Å². The third kappa shape index (κ3) is 2.83. The van der Waals surface area contributed by atoms with Crippen molar-refractivity contribution in [1.82, 2.24) is 0 Å². The maximum absolute atomic E-state index is 13.7. The third-order valence-electron chi connectivity index (χ3n) is 2.90. The van der Waals surface area contributed by atoms with Gasteiger partial charge < -0.3 is 11.1 Å². The molecule has 2 rings (SSSR count). The molecule has 0 fully saturated rings. The molecule has 0 radical (unpaired) electrons. The SMILES string of the molecule is Cc1ccccc1C(=O)Nc1cccc(F)c1C(N)=S. The van der Waals surface area contributed by atoms with Crippen molar-refractivity contribution in [3.63, 3.8) is 0 Å². The van der Waals surface area contributed by atoms with E-state index in [9.17, 15) is 9.18 Å². The average Bonchev–Trinajstić information content (AvgIpc) is 2.38. The van der Waals surface area contributed by atoms with Gasteiger partial charge in [0.2, 0.25) is 0 Å². The topological polar surface area (TPSA) is 55.1 Å². The highest BCUT2D eigenvalue weighted by atomic mass is 32.1. The van der Waals surface area contributed by atoms with Crippen molar-refractivity contribution >= 4 is 28.8 Å². The van der Waals surface area contributed by atoms with Gasteiger partial charge >= 0.3 is 0 Å². The lowest BCUT2D eigenvalue weighted by molar-refractivity contribution is 0.102. The fourth-order valence-corrected chi connectivity index (χ4v) is 2.10. The van der Waals surface area contributed by atoms with Crippen LogP contribution in [-0.2, 0) is 0 Å². The monoisotopic (exact) mass is 288 g/mol. The van der Waals surface area contributed by atoms with Crippen LogP contribution in [0.1, 0.15) is 21.5 Å². The lowest BCUT2D eigenvalue weighted by atomic mass is 10.1. The van der Waals surface area contributed by atoms with Crippen LogP contribution in [0.4, 0.5) is 10.1 Å². The highest BCUT2D eigenvalue weighted by Gasteiger charge is 2.15. The summed E-state index contributed by atoms with van der Waals surface area (Å²) in [7, 11) is 0. The van der Waals surface area contributed by atoms with Crippen LogP contribution in [0, 0.1) is 12.7 Å². The van der Waals surface area contributed by atoms with E-state index in [0.717, 1.165) is 5.56 Å². The molecule has 0 bridgehead atoms. The van der Waals surface area contributed by atoms with Crippen LogP contribution in [-0.4, -0.2) is 10.9 Å². The quantitative estimate of drug-likeness (QED) is 0.854. The Morgan fingerprint density at radius 3 is 2.55 bits per heavy atom. The summed E-state index contributed by atoms with van der Waals surface area (Å²) in [6, 6.07) is 11.4. The molecule has 0 heterocycles. The van der Waals surface area contributed by atoms with Gasteiger partial charge in [-0.3, -0.25) is 4.79 Å². The van der Waals surface area contributed by atoms with Gasteiger partial charge in [-0.2, -0.15) is 0 Å². The van der Waals surface area contributed by atoms with Crippen LogP contribution in [0.15, 0.2) is 42.5 Å². The molecule has 5 heteroatoms. The Bertz CT molecular complexity index is 685. The Morgan fingerprint density at radius 1 is 1.20 bits per heavy atom. The smallest absolute Gasteiger partial charge is 0.255 e. The Hall–Kier alpha value is -2.27. The van der Waals surface area contributed by atoms with Crippen LogP contribution in [0.3, 0.4) is 0 Å². The lowest BCUT2D eigenvalue weighted by Gasteiger charge is -2.12. The molecule has 0 saturated carbocycles. The number of carbonyl (C=O) groups excluding carboxylic acids is 1. The van der Waals surface area contributed by atoms with Crippen molar-refractivity contribution < 1.29 is 9.18 Å². The van der Waals surface area contributed by atoms with Crippen molar-refractivity contribution in [2.45, 2.75) is 6.92 Å². The predicted molar refractivity (Wildman–Crippen MR) is 81.4 cm³/mol. The molecule has 2 aromatic carbocycles. The third-order valence-corrected chi connectivity index (χ3v) is 3.10. The molecule has 20 heavy (non-hydrogen) atoms. The average molecular weight is 288 g/mol. The second-order valence-electron chi connectivity index (χ2n) is 4.30. The Balaban J connectivity index is 2.36. The van der Waals surface area contributed by atoms with E-state index in [0.29, 0.717) is 5.56 Å². The molecule has 0 spiro atoms. The van der Waals surface area contributed by atoms with Crippen molar-refractivity contribution in [2.75, 3.05) is 5.32 Å². The summed E-state index contributed by atoms with van der Waals surface area (Å²) >= 11 is 4.82. The molecule has 3 nitrogen and oxygen atoms in total. The summed E-state index contributed by atoms with van der Waals surface area (Å²) in [6.07, 6.45) is 0. The summed E-state index contributed by atoms with van der Waals surface area (Å²) in [5, 5.41) is 2.64. The number of thiocarbonyl (C=S) groups is 1. The number of hydrogen-bond acceptors (Lipinski definition) is 2. The van der Waals surface area contributed by atoms with Crippen LogP contribution < -0.4 is 11.1 Å². The van der Waals surface area contributed by atoms with E-state index in [1.807, 2.05) is 19.1 Å². The summed E-state index contributed by atoms with van der Waals surface area (Å²) in [6.45, 7) is 1.83. The van der Waals surface area contributed by atoms with E-state index in [1.165, 1.54) is 12.1 Å². The second-order valence-corrected chi connectivity index (χ2v) is 4.74. The summed E-state index contributed by atoms with van der Waals surface area (Å²) in [4.78, 5) is 12.1. The molecule has 2 aromatic rings. The van der Waals surface area contributed by atoms with Crippen molar-refractivity contribution in [1.29, 1.82) is 0 Å². The van der Waals surface area contributed by atoms with Gasteiger partial charge in [0.25, 0.3) is 5.91 Å². The van der Waals surface area contributed by atoms with Gasteiger partial charge in [0.05, 0.1) is 11.3 Å². The highest BCUT2D eigenvalue weighted by molar-refractivity contribution is 7.80. The van der Waals surface area contributed by atoms with E-state index < -0.39 is 5.82 Å². The molecule has 0 aliphatic rings. The first kappa shape index (κ1) is 14.1. The van der Waals surface area contributed by atoms with Crippen LogP contribution in [0.25, 0.3) is 0 Å². The van der Waals surface area contributed by atoms with Crippen LogP contribution in [0.5, 0.6) is 0 Å². The van der Waals surface area contributed by atoms with E-state index in [-0.39, 0.29) is 22.1 Å². The van der Waals surface area contributed by atoms with Crippen LogP contribution in [0.2, 0.25) is 0 Å². The largest absolute Gasteiger partial charge is 0.389 e. The zero-order valence-corrected chi connectivity index (χ0v) is 11.6. The first-order valence-electron chi connectivity index (χ1n) is 5.96. The Kier molecular flexibility index (Phi) is 4.10. The number of hydrogen-bond donors (Lipinski definition) is 2. The number of aryl methyl sites for hydroxylation is 1. The first-order valence-corrected chi connectivity index (χ1v) is 6.37. The normalized spacial score (nSPS) is 10.1. The Labute approximate surface area is 121 Å². The van der Waals surface area contributed by atoms with E-state index in [1.54, 1.807) is 18.2 Å². The standard InChI is InChI=1S/C15H13FN2OS/c1-9-5-2-3-6-10(9)15(19)18-12-8-4-7-11(16)13(12)14(17)20/h2-8H,1H3,(H2,17,20)(H,18,19). The number of benzene rings is 2. The highest BCUT2D eigenvalue weighted by Crippen LogP contribution is 2.20. The maximum atomic E-state index is 13.7. The molecule has 1 amide bonds. The fourth-order valence-electron chi connectivity index (χ4n) is 1.90. The van der Waals surface area contributed by atoms with E-state index in [2.05, 4.69) is 5.32 Å². The molecular formula is C15H13FN2OS. The van der Waals surface area contributed by atoms with Crippen molar-refractivity contribution in [3.8, 4) is 0 Å². The zero-order chi connectivity index (χ0) is 14.7. The second kappa shape index (κ2) is 5.79. The molecule has 3 N–H and O–H groups in total. The van der Waals surface area contributed by atoms with Gasteiger partial charge in [0, 0.05) is 5.56 Å². The van der Waals surface area contributed by atoms with E-state index in [4.69, 9.17) is 18.0 Å². The minimum Gasteiger partial charge on any atom is -0.389 e. The molecule has 0 aliphatic carbocycles. The number of rotatable bonds is 3. The summed E-state index contributed by atoms with van der Waals surface area (Å²) < 4.78 is 13.7. The number of nitrogens with two attached hydrogens (primary N) is 1. The number of anilines is 1. The minimum absolute atomic E-state index is 0.0458. The van der Waals surface area contributed by atoms with Gasteiger partial charge in [0.1, 0.15) is 10.8 Å². The van der Waals surface area contributed by atoms with Gasteiger partial charge in [-0.05, 0) is 30.7 Å². The number of carbonyl (C=O) groups is 1. The van der Waals surface area contributed by atoms with Gasteiger partial charge in [-0.15, -0.1) is 0 Å². The summed E-state index contributed by atoms with van der Waals surface area (Å²) in [5.74, 6) is -0.883. The van der Waals surface area contributed by atoms with Crippen molar-refractivity contribution in [2.24, 2.45) is 5.73 Å². The fraction of sp³-hybridized carbons (Fsp3) is 0.0667. The number of nitrogens with one attached hydrogen (secondary N) is 1. The predicted octanol–water partition coefficient (Wildman–Crippen LogP) is 3.02. The summed E-state index contributed by atoms with van der Waals surface area (Å²) in [5.41, 5.74) is 7.17. The zero-order valence-electron chi connectivity index (χ0n) is 10.8. The van der Waals surface area contributed by atoms with Crippen LogP contribution >= 0.6 is 12.2 Å². The lowest BCUT2D eigenvalue weighted by Crippen LogP contribution is -2.19. The first-order chi connectivity index (χ1) is 9.50. The molecule has 0 saturated heterocycles. The molecule has 0 unspecified atom stereocenters. The molecule has 102 valence electrons. The Morgan fingerprint density at radius 2 is 1.90 bits per heavy atom. The maximum Gasteiger partial charge on any atom is 0.255 e. The van der Waals surface area contributed by atoms with Gasteiger partial charge in [-0.1, -0.05) is 36.5 Å². The van der Waals surface area contributed by atoms with E-state index >= 15 is 0 Å². The minimum atomic E-state index is -0.555. The number of amides is 1. The molecule has 0 aromatic heterocycles. The molecule has 0 aliphatic heterocycles. The van der Waals surface area contributed by atoms with Crippen molar-refractivity contribution in [3.05, 3.63) is 65.0 Å².